The summed E-state index contributed by atoms with van der Waals surface area (Å²) in [6.45, 7) is 0. The normalized spacial score (nSPS) is 11.4. The highest BCUT2D eigenvalue weighted by Crippen LogP contribution is 2.18. The molecule has 0 aliphatic rings. The molecule has 0 atom stereocenters. The van der Waals surface area contributed by atoms with Crippen molar-refractivity contribution in [1.82, 2.24) is 0 Å². The van der Waals surface area contributed by atoms with E-state index in [4.69, 9.17) is 5.11 Å². The second kappa shape index (κ2) is 5.22. The van der Waals surface area contributed by atoms with E-state index in [0.717, 1.165) is 12.1 Å². The number of sulfone groups is 1. The van der Waals surface area contributed by atoms with Crippen LogP contribution in [0.4, 0.5) is 8.78 Å². The fraction of sp³-hybridized carbons (Fsp3) is 0.300. The van der Waals surface area contributed by atoms with Crippen molar-refractivity contribution in [3.63, 3.8) is 0 Å². The van der Waals surface area contributed by atoms with Gasteiger partial charge in [0.25, 0.3) is 0 Å². The van der Waals surface area contributed by atoms with Gasteiger partial charge in [0.15, 0.2) is 9.84 Å². The standard InChI is InChI=1S/C10H10F2O4S/c11-7-3-4-8(12)9(6-7)17(15,16)5-1-2-10(13)14/h3-4,6H,1-2,5H2,(H,13,14). The molecule has 0 saturated carbocycles. The molecule has 1 N–H and O–H groups in total. The molecule has 0 aromatic heterocycles. The molecular formula is C10H10F2O4S. The molecule has 4 nitrogen and oxygen atoms in total. The minimum Gasteiger partial charge on any atom is -0.481 e. The summed E-state index contributed by atoms with van der Waals surface area (Å²) in [7, 11) is -3.99. The highest BCUT2D eigenvalue weighted by molar-refractivity contribution is 7.91. The van der Waals surface area contributed by atoms with Crippen molar-refractivity contribution in [2.75, 3.05) is 5.75 Å². The number of halogens is 2. The van der Waals surface area contributed by atoms with Crippen LogP contribution in [0.3, 0.4) is 0 Å². The lowest BCUT2D eigenvalue weighted by molar-refractivity contribution is -0.137. The number of hydrogen-bond acceptors (Lipinski definition) is 3. The maximum Gasteiger partial charge on any atom is 0.303 e. The number of hydrogen-bond donors (Lipinski definition) is 1. The maximum atomic E-state index is 13.2. The summed E-state index contributed by atoms with van der Waals surface area (Å²) in [6, 6.07) is 2.12. The predicted octanol–water partition coefficient (Wildman–Crippen LogP) is 1.60. The highest BCUT2D eigenvalue weighted by atomic mass is 32.2. The molecule has 0 aliphatic carbocycles. The number of rotatable bonds is 5. The first-order valence-corrected chi connectivity index (χ1v) is 6.38. The summed E-state index contributed by atoms with van der Waals surface area (Å²) in [5.41, 5.74) is 0. The van der Waals surface area contributed by atoms with Gasteiger partial charge < -0.3 is 5.11 Å². The lowest BCUT2D eigenvalue weighted by Gasteiger charge is -2.04. The third-order valence-electron chi connectivity index (χ3n) is 2.03. The van der Waals surface area contributed by atoms with Crippen molar-refractivity contribution in [2.45, 2.75) is 17.7 Å². The van der Waals surface area contributed by atoms with Gasteiger partial charge in [0.2, 0.25) is 0 Å². The number of carboxylic acids is 1. The number of carboxylic acid groups (broad SMARTS) is 1. The molecule has 17 heavy (non-hydrogen) atoms. The molecule has 0 bridgehead atoms. The maximum absolute atomic E-state index is 13.2. The van der Waals surface area contributed by atoms with Crippen LogP contribution in [0.15, 0.2) is 23.1 Å². The average Bonchev–Trinajstić information content (AvgIpc) is 2.20. The van der Waals surface area contributed by atoms with Gasteiger partial charge in [-0.25, -0.2) is 17.2 Å². The monoisotopic (exact) mass is 264 g/mol. The predicted molar refractivity (Wildman–Crippen MR) is 55.3 cm³/mol. The van der Waals surface area contributed by atoms with Gasteiger partial charge in [-0.05, 0) is 24.6 Å². The number of aliphatic carboxylic acids is 1. The SMILES string of the molecule is O=C(O)CCCS(=O)(=O)c1cc(F)ccc1F. The van der Waals surface area contributed by atoms with E-state index < -0.39 is 38.1 Å². The van der Waals surface area contributed by atoms with Crippen molar-refractivity contribution in [3.8, 4) is 0 Å². The Morgan fingerprint density at radius 2 is 1.94 bits per heavy atom. The summed E-state index contributed by atoms with van der Waals surface area (Å²) in [6.07, 6.45) is -0.482. The zero-order chi connectivity index (χ0) is 13.1. The molecule has 7 heteroatoms. The summed E-state index contributed by atoms with van der Waals surface area (Å²) >= 11 is 0. The van der Waals surface area contributed by atoms with Crippen LogP contribution in [0.1, 0.15) is 12.8 Å². The topological polar surface area (TPSA) is 71.4 Å². The Kier molecular flexibility index (Phi) is 4.17. The van der Waals surface area contributed by atoms with Gasteiger partial charge in [0.1, 0.15) is 16.5 Å². The van der Waals surface area contributed by atoms with Crippen LogP contribution in [0.5, 0.6) is 0 Å². The lowest BCUT2D eigenvalue weighted by atomic mass is 10.3. The Morgan fingerprint density at radius 3 is 2.53 bits per heavy atom. The van der Waals surface area contributed by atoms with Crippen molar-refractivity contribution < 1.29 is 27.1 Å². The average molecular weight is 264 g/mol. The van der Waals surface area contributed by atoms with Gasteiger partial charge in [-0.1, -0.05) is 0 Å². The van der Waals surface area contributed by atoms with Crippen molar-refractivity contribution in [2.24, 2.45) is 0 Å². The van der Waals surface area contributed by atoms with Crippen molar-refractivity contribution in [1.29, 1.82) is 0 Å². The molecular weight excluding hydrogens is 254 g/mol. The Hall–Kier alpha value is -1.50. The van der Waals surface area contributed by atoms with Crippen LogP contribution < -0.4 is 0 Å². The second-order valence-corrected chi connectivity index (χ2v) is 5.47. The molecule has 0 saturated heterocycles. The minimum absolute atomic E-state index is 0.145. The largest absolute Gasteiger partial charge is 0.481 e. The van der Waals surface area contributed by atoms with E-state index in [9.17, 15) is 22.0 Å². The fourth-order valence-corrected chi connectivity index (χ4v) is 2.64. The zero-order valence-electron chi connectivity index (χ0n) is 8.69. The number of benzene rings is 1. The van der Waals surface area contributed by atoms with E-state index in [-0.39, 0.29) is 12.8 Å². The molecule has 0 spiro atoms. The molecule has 1 aromatic carbocycles. The quantitative estimate of drug-likeness (QED) is 0.876. The van der Waals surface area contributed by atoms with Crippen LogP contribution in [0, 0.1) is 11.6 Å². The van der Waals surface area contributed by atoms with E-state index in [0.29, 0.717) is 6.07 Å². The van der Waals surface area contributed by atoms with Crippen LogP contribution in [-0.2, 0) is 14.6 Å². The molecule has 1 aromatic rings. The molecule has 0 radical (unpaired) electrons. The van der Waals surface area contributed by atoms with Crippen molar-refractivity contribution in [3.05, 3.63) is 29.8 Å². The van der Waals surface area contributed by atoms with Gasteiger partial charge in [-0.2, -0.15) is 0 Å². The first kappa shape index (κ1) is 13.6. The van der Waals surface area contributed by atoms with Gasteiger partial charge >= 0.3 is 5.97 Å². The summed E-state index contributed by atoms with van der Waals surface area (Å²) in [4.78, 5) is 9.48. The third-order valence-corrected chi connectivity index (χ3v) is 3.84. The molecule has 0 fully saturated rings. The lowest BCUT2D eigenvalue weighted by Crippen LogP contribution is -2.10. The summed E-state index contributed by atoms with van der Waals surface area (Å²) in [5, 5.41) is 8.35. The Labute approximate surface area is 96.8 Å². The Bertz CT molecular complexity index is 525. The second-order valence-electron chi connectivity index (χ2n) is 3.39. The van der Waals surface area contributed by atoms with Crippen LogP contribution in [0.2, 0.25) is 0 Å². The molecule has 0 unspecified atom stereocenters. The van der Waals surface area contributed by atoms with E-state index in [1.54, 1.807) is 0 Å². The van der Waals surface area contributed by atoms with Crippen LogP contribution >= 0.6 is 0 Å². The van der Waals surface area contributed by atoms with Crippen LogP contribution in [0.25, 0.3) is 0 Å². The summed E-state index contributed by atoms with van der Waals surface area (Å²) in [5.74, 6) is -3.57. The van der Waals surface area contributed by atoms with E-state index in [1.807, 2.05) is 0 Å². The van der Waals surface area contributed by atoms with Crippen molar-refractivity contribution >= 4 is 15.8 Å². The van der Waals surface area contributed by atoms with E-state index in [2.05, 4.69) is 0 Å². The highest BCUT2D eigenvalue weighted by Gasteiger charge is 2.20. The van der Waals surface area contributed by atoms with Crippen LogP contribution in [-0.4, -0.2) is 25.2 Å². The molecule has 0 amide bonds. The first-order valence-electron chi connectivity index (χ1n) is 4.72. The van der Waals surface area contributed by atoms with Gasteiger partial charge in [0.05, 0.1) is 5.75 Å². The Morgan fingerprint density at radius 1 is 1.29 bits per heavy atom. The zero-order valence-corrected chi connectivity index (χ0v) is 9.51. The molecule has 0 aliphatic heterocycles. The van der Waals surface area contributed by atoms with Gasteiger partial charge in [0, 0.05) is 6.42 Å². The van der Waals surface area contributed by atoms with Gasteiger partial charge in [-0.15, -0.1) is 0 Å². The summed E-state index contributed by atoms with van der Waals surface area (Å²) < 4.78 is 49.2. The minimum atomic E-state index is -3.99. The third kappa shape index (κ3) is 3.77. The van der Waals surface area contributed by atoms with Gasteiger partial charge in [-0.3, -0.25) is 4.79 Å². The molecule has 1 rings (SSSR count). The van der Waals surface area contributed by atoms with E-state index in [1.165, 1.54) is 0 Å². The smallest absolute Gasteiger partial charge is 0.303 e. The first-order chi connectivity index (χ1) is 7.83. The number of carbonyl (C=O) groups is 1. The fourth-order valence-electron chi connectivity index (χ4n) is 1.24. The van der Waals surface area contributed by atoms with E-state index >= 15 is 0 Å². The molecule has 94 valence electrons. The molecule has 0 heterocycles. The Balaban J connectivity index is 2.89.